The van der Waals surface area contributed by atoms with Gasteiger partial charge in [0.05, 0.1) is 34.4 Å². The number of hydrogen-bond donors (Lipinski definition) is 0. The average Bonchev–Trinajstić information content (AvgIpc) is 3.89. The molecule has 3 heterocycles. The third-order valence-electron chi connectivity index (χ3n) is 12.7. The first-order valence-electron chi connectivity index (χ1n) is 18.5. The van der Waals surface area contributed by atoms with Crippen LogP contribution in [0.25, 0.3) is 22.3 Å². The lowest BCUT2D eigenvalue weighted by Gasteiger charge is -2.45. The van der Waals surface area contributed by atoms with E-state index in [4.69, 9.17) is 4.74 Å². The van der Waals surface area contributed by atoms with Crippen LogP contribution < -0.4 is 4.90 Å². The van der Waals surface area contributed by atoms with Crippen LogP contribution in [0.1, 0.15) is 40.3 Å². The Labute approximate surface area is 308 Å². The minimum atomic E-state index is -1.03. The Morgan fingerprint density at radius 2 is 0.868 bits per heavy atom. The number of benzene rings is 6. The Morgan fingerprint density at radius 3 is 1.26 bits per heavy atom. The third-order valence-corrected chi connectivity index (χ3v) is 12.7. The van der Waals surface area contributed by atoms with Gasteiger partial charge in [0.25, 0.3) is 0 Å². The van der Waals surface area contributed by atoms with Crippen molar-refractivity contribution >= 4 is 45.4 Å². The molecule has 4 bridgehead atoms. The second-order valence-electron chi connectivity index (χ2n) is 14.9. The molecule has 1 amide bonds. The van der Waals surface area contributed by atoms with E-state index in [1.807, 2.05) is 53.4 Å². The van der Waals surface area contributed by atoms with E-state index in [0.717, 1.165) is 67.0 Å². The second kappa shape index (κ2) is 11.0. The molecule has 0 spiro atoms. The Morgan fingerprint density at radius 1 is 0.509 bits per heavy atom. The number of ketones is 1. The lowest BCUT2D eigenvalue weighted by Crippen LogP contribution is -2.46. The molecule has 6 atom stereocenters. The maximum absolute atomic E-state index is 16.6. The van der Waals surface area contributed by atoms with Gasteiger partial charge in [-0.05, 0) is 56.7 Å². The van der Waals surface area contributed by atoms with Crippen LogP contribution in [0, 0.1) is 11.8 Å². The minimum absolute atomic E-state index is 0.0457. The summed E-state index contributed by atoms with van der Waals surface area (Å²) in [7, 11) is 0. The summed E-state index contributed by atoms with van der Waals surface area (Å²) in [6.45, 7) is 1.64. The molecule has 254 valence electrons. The molecule has 6 unspecified atom stereocenters. The van der Waals surface area contributed by atoms with Crippen LogP contribution in [0.4, 0.5) is 11.4 Å². The lowest BCUT2D eigenvalue weighted by atomic mass is 9.53. The van der Waals surface area contributed by atoms with E-state index in [1.54, 1.807) is 6.92 Å². The second-order valence-corrected chi connectivity index (χ2v) is 14.9. The van der Waals surface area contributed by atoms with Crippen molar-refractivity contribution in [2.24, 2.45) is 11.8 Å². The van der Waals surface area contributed by atoms with Crippen LogP contribution in [0.5, 0.6) is 0 Å². The number of Topliss-reactive ketones (excluding diaryl/α,β-unsaturated/α-hetero) is 1. The molecular formula is C49H35NO3. The predicted molar refractivity (Wildman–Crippen MR) is 209 cm³/mol. The van der Waals surface area contributed by atoms with E-state index in [9.17, 15) is 4.79 Å². The summed E-state index contributed by atoms with van der Waals surface area (Å²) >= 11 is 0. The van der Waals surface area contributed by atoms with Crippen molar-refractivity contribution in [2.45, 2.75) is 30.0 Å². The van der Waals surface area contributed by atoms with Gasteiger partial charge in [0.2, 0.25) is 5.91 Å². The molecule has 3 aliphatic heterocycles. The van der Waals surface area contributed by atoms with Crippen LogP contribution in [0.3, 0.4) is 0 Å². The molecular weight excluding hydrogens is 651 g/mol. The Balaban J connectivity index is 1.31. The fourth-order valence-electron chi connectivity index (χ4n) is 11.2. The number of nitrogens with zero attached hydrogens (tertiary/aromatic N) is 1. The smallest absolute Gasteiger partial charge is 0.228 e. The van der Waals surface area contributed by atoms with Gasteiger partial charge < -0.3 is 4.74 Å². The zero-order chi connectivity index (χ0) is 35.5. The minimum Gasteiger partial charge on any atom is -0.365 e. The summed E-state index contributed by atoms with van der Waals surface area (Å²) in [6.07, 6.45) is -0.821. The summed E-state index contributed by atoms with van der Waals surface area (Å²) in [5, 5.41) is 0. The van der Waals surface area contributed by atoms with Gasteiger partial charge in [-0.1, -0.05) is 158 Å². The van der Waals surface area contributed by atoms with Gasteiger partial charge in [-0.15, -0.1) is 0 Å². The maximum Gasteiger partial charge on any atom is 0.228 e. The van der Waals surface area contributed by atoms with Crippen molar-refractivity contribution in [3.63, 3.8) is 0 Å². The number of para-hydroxylation sites is 2. The summed E-state index contributed by atoms with van der Waals surface area (Å²) in [5.74, 6) is -0.282. The van der Waals surface area contributed by atoms with Crippen LogP contribution >= 0.6 is 0 Å². The number of amides is 1. The largest absolute Gasteiger partial charge is 0.365 e. The molecule has 1 saturated heterocycles. The Kier molecular flexibility index (Phi) is 6.31. The molecule has 2 aliphatic carbocycles. The van der Waals surface area contributed by atoms with Gasteiger partial charge in [0.1, 0.15) is 0 Å². The quantitative estimate of drug-likeness (QED) is 0.186. The van der Waals surface area contributed by atoms with Crippen molar-refractivity contribution in [1.82, 2.24) is 0 Å². The number of hydrogen-bond acceptors (Lipinski definition) is 3. The highest BCUT2D eigenvalue weighted by Crippen LogP contribution is 2.79. The Bertz CT molecular complexity index is 2390. The van der Waals surface area contributed by atoms with Crippen LogP contribution in [0.2, 0.25) is 0 Å². The summed E-state index contributed by atoms with van der Waals surface area (Å²) < 4.78 is 7.49. The number of carbonyl (C=O) groups excluding carboxylic acids is 2. The highest BCUT2D eigenvalue weighted by molar-refractivity contribution is 6.31. The average molecular weight is 686 g/mol. The Hall–Kier alpha value is -6.10. The molecule has 4 heteroatoms. The molecule has 6 aromatic rings. The number of rotatable bonds is 4. The van der Waals surface area contributed by atoms with Gasteiger partial charge in [-0.25, -0.2) is 0 Å². The standard InChI is InChI=1S/C49H35NO3/c1-30(51)50-37-28-16-14-26-35(37)39-40(36-27-15-17-29-38(36)50)46-44-43(45(39)53-46)48(33-22-10-4-11-23-33)41(31-18-6-2-7-19-31)42(32-20-8-3-9-21-32)49(44,47(48)52)34-24-12-5-13-25-34/h2-29,43-46H,1H3. The van der Waals surface area contributed by atoms with E-state index >= 15 is 4.79 Å². The van der Waals surface area contributed by atoms with Crippen molar-refractivity contribution < 1.29 is 14.3 Å². The van der Waals surface area contributed by atoms with Crippen LogP contribution in [0.15, 0.2) is 170 Å². The van der Waals surface area contributed by atoms with Crippen molar-refractivity contribution in [2.75, 3.05) is 4.90 Å². The molecule has 0 aromatic heterocycles. The summed E-state index contributed by atoms with van der Waals surface area (Å²) in [4.78, 5) is 32.1. The number of ether oxygens (including phenoxy) is 1. The molecule has 1 saturated carbocycles. The molecule has 11 rings (SSSR count). The fraction of sp³-hybridized carbons (Fsp3) is 0.143. The first-order chi connectivity index (χ1) is 26.1. The maximum atomic E-state index is 16.6. The summed E-state index contributed by atoms with van der Waals surface area (Å²) in [5.41, 5.74) is 9.99. The SMILES string of the molecule is CC(=O)N1c2ccccc2C2=C(c3ccccc31)C1OC2C2C1C1(c3ccccc3)C(=O)C2(c2ccccc2)C(c2ccccc2)=C1c1ccccc1. The monoisotopic (exact) mass is 685 g/mol. The van der Waals surface area contributed by atoms with Crippen LogP contribution in [-0.2, 0) is 25.2 Å². The molecule has 0 N–H and O–H groups in total. The summed E-state index contributed by atoms with van der Waals surface area (Å²) in [6, 6.07) is 58.5. The van der Waals surface area contributed by atoms with Gasteiger partial charge in [-0.2, -0.15) is 0 Å². The molecule has 53 heavy (non-hydrogen) atoms. The zero-order valence-corrected chi connectivity index (χ0v) is 29.1. The molecule has 2 fully saturated rings. The van der Waals surface area contributed by atoms with Crippen LogP contribution in [-0.4, -0.2) is 23.9 Å². The third kappa shape index (κ3) is 3.64. The van der Waals surface area contributed by atoms with E-state index in [-0.39, 0.29) is 23.5 Å². The number of allylic oxidation sites excluding steroid dienone is 2. The van der Waals surface area contributed by atoms with Crippen molar-refractivity contribution in [3.05, 3.63) is 203 Å². The number of fused-ring (bicyclic) bond motifs is 15. The number of carbonyl (C=O) groups is 2. The molecule has 6 aromatic carbocycles. The fourth-order valence-corrected chi connectivity index (χ4v) is 11.2. The molecule has 0 radical (unpaired) electrons. The van der Waals surface area contributed by atoms with Gasteiger partial charge >= 0.3 is 0 Å². The van der Waals surface area contributed by atoms with Gasteiger partial charge in [-0.3, -0.25) is 14.5 Å². The van der Waals surface area contributed by atoms with E-state index in [1.165, 1.54) is 0 Å². The first-order valence-corrected chi connectivity index (χ1v) is 18.5. The number of anilines is 2. The van der Waals surface area contributed by atoms with E-state index < -0.39 is 23.0 Å². The highest BCUT2D eigenvalue weighted by Gasteiger charge is 2.83. The van der Waals surface area contributed by atoms with Gasteiger partial charge in [0.15, 0.2) is 5.78 Å². The van der Waals surface area contributed by atoms with Crippen molar-refractivity contribution in [3.8, 4) is 0 Å². The first kappa shape index (κ1) is 30.5. The van der Waals surface area contributed by atoms with Gasteiger partial charge in [0, 0.05) is 29.9 Å². The van der Waals surface area contributed by atoms with E-state index in [2.05, 4.69) is 121 Å². The normalized spacial score (nSPS) is 27.3. The molecule has 4 nitrogen and oxygen atoms in total. The zero-order valence-electron chi connectivity index (χ0n) is 29.1. The van der Waals surface area contributed by atoms with E-state index in [0.29, 0.717) is 0 Å². The topological polar surface area (TPSA) is 46.6 Å². The lowest BCUT2D eigenvalue weighted by molar-refractivity contribution is -0.124. The van der Waals surface area contributed by atoms with Crippen molar-refractivity contribution in [1.29, 1.82) is 0 Å². The molecule has 5 aliphatic rings. The highest BCUT2D eigenvalue weighted by atomic mass is 16.5. The predicted octanol–water partition coefficient (Wildman–Crippen LogP) is 9.69.